The van der Waals surface area contributed by atoms with Crippen molar-refractivity contribution in [2.24, 2.45) is 0 Å². The molecule has 0 saturated carbocycles. The van der Waals surface area contributed by atoms with Crippen molar-refractivity contribution in [2.45, 2.75) is 33.2 Å². The molecule has 0 spiro atoms. The van der Waals surface area contributed by atoms with Gasteiger partial charge in [-0.05, 0) is 50.1 Å². The van der Waals surface area contributed by atoms with Crippen LogP contribution in [0.4, 0.5) is 0 Å². The van der Waals surface area contributed by atoms with Crippen molar-refractivity contribution in [1.29, 1.82) is 0 Å². The number of ether oxygens (including phenoxy) is 1. The standard InChI is InChI=1S/C23H26N2O3/c1-13-5-6-17-19(9-13)24-14(2)23(17)21(27)12-25-8-7-16-10-20(26)22(28-4)11-18(16)15(25)3/h5-6,9-11,15,24,26H,7-8,12H2,1-4H3/p+1. The molecular formula is C23H27N2O3+. The van der Waals surface area contributed by atoms with E-state index < -0.39 is 0 Å². The Hall–Kier alpha value is -2.79. The summed E-state index contributed by atoms with van der Waals surface area (Å²) in [6, 6.07) is 10.1. The maximum Gasteiger partial charge on any atom is 0.219 e. The fraction of sp³-hybridized carbons (Fsp3) is 0.348. The molecule has 3 N–H and O–H groups in total. The van der Waals surface area contributed by atoms with E-state index in [4.69, 9.17) is 4.74 Å². The molecule has 2 unspecified atom stereocenters. The van der Waals surface area contributed by atoms with Gasteiger partial charge in [-0.1, -0.05) is 12.1 Å². The molecule has 1 aliphatic rings. The highest BCUT2D eigenvalue weighted by molar-refractivity contribution is 6.09. The number of hydrogen-bond acceptors (Lipinski definition) is 3. The Labute approximate surface area is 164 Å². The third kappa shape index (κ3) is 3.06. The smallest absolute Gasteiger partial charge is 0.219 e. The lowest BCUT2D eigenvalue weighted by molar-refractivity contribution is -0.923. The van der Waals surface area contributed by atoms with E-state index in [0.29, 0.717) is 12.3 Å². The monoisotopic (exact) mass is 379 g/mol. The van der Waals surface area contributed by atoms with Gasteiger partial charge in [0.15, 0.2) is 11.5 Å². The molecule has 5 heteroatoms. The Morgan fingerprint density at radius 2 is 2.07 bits per heavy atom. The zero-order valence-corrected chi connectivity index (χ0v) is 16.8. The number of methoxy groups -OCH3 is 1. The van der Waals surface area contributed by atoms with Crippen molar-refractivity contribution in [3.63, 3.8) is 0 Å². The Bertz CT molecular complexity index is 1070. The van der Waals surface area contributed by atoms with Crippen LogP contribution in [0.2, 0.25) is 0 Å². The van der Waals surface area contributed by atoms with Crippen molar-refractivity contribution in [2.75, 3.05) is 20.2 Å². The average molecular weight is 379 g/mol. The summed E-state index contributed by atoms with van der Waals surface area (Å²) in [6.45, 7) is 7.49. The lowest BCUT2D eigenvalue weighted by Crippen LogP contribution is -3.13. The summed E-state index contributed by atoms with van der Waals surface area (Å²) >= 11 is 0. The topological polar surface area (TPSA) is 66.8 Å². The van der Waals surface area contributed by atoms with E-state index in [2.05, 4.69) is 31.0 Å². The molecule has 28 heavy (non-hydrogen) atoms. The number of Topliss-reactive ketones (excluding diaryl/α,β-unsaturated/α-hetero) is 1. The summed E-state index contributed by atoms with van der Waals surface area (Å²) in [5.74, 6) is 0.836. The molecule has 0 bridgehead atoms. The van der Waals surface area contributed by atoms with Crippen LogP contribution < -0.4 is 9.64 Å². The van der Waals surface area contributed by atoms with Gasteiger partial charge in [0.2, 0.25) is 5.78 Å². The Morgan fingerprint density at radius 3 is 2.82 bits per heavy atom. The minimum Gasteiger partial charge on any atom is -0.504 e. The van der Waals surface area contributed by atoms with Crippen LogP contribution in [0.3, 0.4) is 0 Å². The van der Waals surface area contributed by atoms with E-state index in [0.717, 1.165) is 46.3 Å². The van der Waals surface area contributed by atoms with Gasteiger partial charge in [0.05, 0.1) is 19.2 Å². The van der Waals surface area contributed by atoms with E-state index in [9.17, 15) is 9.90 Å². The van der Waals surface area contributed by atoms with Gasteiger partial charge in [0.25, 0.3) is 0 Å². The zero-order chi connectivity index (χ0) is 20.0. The number of quaternary nitrogens is 1. The predicted octanol–water partition coefficient (Wildman–Crippen LogP) is 2.88. The van der Waals surface area contributed by atoms with Crippen LogP contribution in [0, 0.1) is 13.8 Å². The Morgan fingerprint density at radius 1 is 1.29 bits per heavy atom. The van der Waals surface area contributed by atoms with Gasteiger partial charge in [-0.2, -0.15) is 0 Å². The fourth-order valence-electron chi connectivity index (χ4n) is 4.48. The summed E-state index contributed by atoms with van der Waals surface area (Å²) in [5, 5.41) is 11.1. The lowest BCUT2D eigenvalue weighted by atomic mass is 9.92. The molecule has 0 saturated heterocycles. The molecule has 0 aliphatic carbocycles. The molecule has 0 amide bonds. The third-order valence-corrected chi connectivity index (χ3v) is 6.04. The van der Waals surface area contributed by atoms with E-state index in [1.807, 2.05) is 19.1 Å². The predicted molar refractivity (Wildman–Crippen MR) is 110 cm³/mol. The number of aryl methyl sites for hydroxylation is 2. The maximum absolute atomic E-state index is 13.2. The van der Waals surface area contributed by atoms with Crippen molar-refractivity contribution >= 4 is 16.7 Å². The summed E-state index contributed by atoms with van der Waals surface area (Å²) in [6.07, 6.45) is 0.839. The van der Waals surface area contributed by atoms with Crippen molar-refractivity contribution < 1.29 is 19.5 Å². The average Bonchev–Trinajstić information content (AvgIpc) is 2.98. The first-order chi connectivity index (χ1) is 13.4. The molecule has 1 aliphatic heterocycles. The second-order valence-corrected chi connectivity index (χ2v) is 7.88. The SMILES string of the molecule is COc1cc2c(cc1O)CC[NH+](CC(=O)c1c(C)[nH]c3cc(C)ccc13)C2C. The highest BCUT2D eigenvalue weighted by Crippen LogP contribution is 2.33. The number of hydrogen-bond donors (Lipinski definition) is 3. The van der Waals surface area contributed by atoms with Crippen molar-refractivity contribution in [3.8, 4) is 11.5 Å². The summed E-state index contributed by atoms with van der Waals surface area (Å²) < 4.78 is 5.28. The molecular weight excluding hydrogens is 352 g/mol. The van der Waals surface area contributed by atoms with Gasteiger partial charge in [-0.3, -0.25) is 4.79 Å². The van der Waals surface area contributed by atoms with E-state index >= 15 is 0 Å². The molecule has 1 aromatic heterocycles. The summed E-state index contributed by atoms with van der Waals surface area (Å²) in [5.41, 5.74) is 6.23. The number of phenolic OH excluding ortho intramolecular Hbond substituents is 1. The van der Waals surface area contributed by atoms with E-state index in [1.54, 1.807) is 13.2 Å². The zero-order valence-electron chi connectivity index (χ0n) is 16.8. The van der Waals surface area contributed by atoms with Crippen LogP contribution >= 0.6 is 0 Å². The van der Waals surface area contributed by atoms with Gasteiger partial charge < -0.3 is 19.7 Å². The summed E-state index contributed by atoms with van der Waals surface area (Å²) in [4.78, 5) is 17.8. The van der Waals surface area contributed by atoms with Gasteiger partial charge in [0.1, 0.15) is 12.6 Å². The number of fused-ring (bicyclic) bond motifs is 2. The first kappa shape index (κ1) is 18.6. The van der Waals surface area contributed by atoms with Crippen LogP contribution in [-0.4, -0.2) is 36.1 Å². The Kier molecular flexibility index (Phi) is 4.63. The summed E-state index contributed by atoms with van der Waals surface area (Å²) in [7, 11) is 1.56. The van der Waals surface area contributed by atoms with Crippen LogP contribution in [0.5, 0.6) is 11.5 Å². The molecule has 2 heterocycles. The molecule has 2 aromatic carbocycles. The molecule has 3 aromatic rings. The quantitative estimate of drug-likeness (QED) is 0.611. The number of benzene rings is 2. The second-order valence-electron chi connectivity index (χ2n) is 7.88. The fourth-order valence-corrected chi connectivity index (χ4v) is 4.48. The molecule has 0 fully saturated rings. The highest BCUT2D eigenvalue weighted by atomic mass is 16.5. The minimum atomic E-state index is 0.162. The van der Waals surface area contributed by atoms with Gasteiger partial charge in [-0.15, -0.1) is 0 Å². The third-order valence-electron chi connectivity index (χ3n) is 6.04. The highest BCUT2D eigenvalue weighted by Gasteiger charge is 2.31. The number of carbonyl (C=O) groups is 1. The molecule has 0 radical (unpaired) electrons. The molecule has 5 nitrogen and oxygen atoms in total. The van der Waals surface area contributed by atoms with E-state index in [-0.39, 0.29) is 17.6 Å². The van der Waals surface area contributed by atoms with Crippen LogP contribution in [-0.2, 0) is 6.42 Å². The number of H-pyrrole nitrogens is 1. The maximum atomic E-state index is 13.2. The number of carbonyl (C=O) groups excluding carboxylic acids is 1. The number of ketones is 1. The number of nitrogens with one attached hydrogen (secondary N) is 2. The number of rotatable bonds is 4. The number of aromatic amines is 1. The van der Waals surface area contributed by atoms with Crippen molar-refractivity contribution in [1.82, 2.24) is 4.98 Å². The van der Waals surface area contributed by atoms with Crippen LogP contribution in [0.1, 0.15) is 45.7 Å². The van der Waals surface area contributed by atoms with Crippen LogP contribution in [0.15, 0.2) is 30.3 Å². The van der Waals surface area contributed by atoms with Gasteiger partial charge in [-0.25, -0.2) is 0 Å². The Balaban J connectivity index is 1.62. The minimum absolute atomic E-state index is 0.162. The van der Waals surface area contributed by atoms with E-state index in [1.165, 1.54) is 10.5 Å². The number of aromatic nitrogens is 1. The number of aromatic hydroxyl groups is 1. The molecule has 4 rings (SSSR count). The lowest BCUT2D eigenvalue weighted by Gasteiger charge is -2.32. The van der Waals surface area contributed by atoms with Gasteiger partial charge >= 0.3 is 0 Å². The first-order valence-electron chi connectivity index (χ1n) is 9.75. The van der Waals surface area contributed by atoms with Crippen LogP contribution in [0.25, 0.3) is 10.9 Å². The number of phenols is 1. The second kappa shape index (κ2) is 6.99. The normalized spacial score (nSPS) is 18.9. The van der Waals surface area contributed by atoms with Crippen molar-refractivity contribution in [3.05, 3.63) is 58.3 Å². The molecule has 2 atom stereocenters. The molecule has 146 valence electrons. The largest absolute Gasteiger partial charge is 0.504 e. The van der Waals surface area contributed by atoms with Gasteiger partial charge in [0, 0.05) is 28.6 Å². The first-order valence-corrected chi connectivity index (χ1v) is 9.75.